The van der Waals surface area contributed by atoms with Crippen molar-refractivity contribution in [2.45, 2.75) is 68.9 Å². The number of benzene rings is 1. The minimum atomic E-state index is -0.347. The summed E-state index contributed by atoms with van der Waals surface area (Å²) in [6.07, 6.45) is 7.50. The van der Waals surface area contributed by atoms with E-state index in [1.807, 2.05) is 16.5 Å². The van der Waals surface area contributed by atoms with Crippen LogP contribution in [0.3, 0.4) is 0 Å². The van der Waals surface area contributed by atoms with E-state index in [9.17, 15) is 9.18 Å². The molecule has 3 rings (SSSR count). The number of amides is 1. The Bertz CT molecular complexity index is 876. The molecule has 1 aliphatic rings. The van der Waals surface area contributed by atoms with Gasteiger partial charge in [-0.3, -0.25) is 9.36 Å². The Morgan fingerprint density at radius 3 is 2.63 bits per heavy atom. The third kappa shape index (κ3) is 4.94. The highest BCUT2D eigenvalue weighted by atomic mass is 32.2. The Labute approximate surface area is 182 Å². The number of carbonyl (C=O) groups is 1. The summed E-state index contributed by atoms with van der Waals surface area (Å²) in [5, 5.41) is 8.90. The standard InChI is InChI=1S/C23H31FN4OS/c1-5-15-28-21(18-13-9-10-14-19(18)24)25-26-23(28)30-20(16(2)3)22(29)27(4)17-11-7-6-8-12-17/h5,9-10,13-14,16-17,20H,1,6-8,11-12,15H2,2-4H3. The second kappa shape index (κ2) is 10.2. The molecule has 1 atom stereocenters. The van der Waals surface area contributed by atoms with E-state index < -0.39 is 0 Å². The zero-order valence-electron chi connectivity index (χ0n) is 18.1. The number of thioether (sulfide) groups is 1. The van der Waals surface area contributed by atoms with Crippen molar-refractivity contribution >= 4 is 17.7 Å². The maximum atomic E-state index is 14.4. The average molecular weight is 431 g/mol. The zero-order chi connectivity index (χ0) is 21.7. The van der Waals surface area contributed by atoms with Gasteiger partial charge in [0.1, 0.15) is 5.82 Å². The first-order valence-corrected chi connectivity index (χ1v) is 11.5. The molecule has 1 aromatic heterocycles. The molecule has 5 nitrogen and oxygen atoms in total. The topological polar surface area (TPSA) is 51.0 Å². The molecule has 30 heavy (non-hydrogen) atoms. The lowest BCUT2D eigenvalue weighted by molar-refractivity contribution is -0.132. The Balaban J connectivity index is 1.87. The lowest BCUT2D eigenvalue weighted by atomic mass is 9.94. The Hall–Kier alpha value is -2.15. The van der Waals surface area contributed by atoms with Crippen LogP contribution >= 0.6 is 11.8 Å². The lowest BCUT2D eigenvalue weighted by Crippen LogP contribution is -2.44. The molecule has 1 aliphatic carbocycles. The molecule has 0 radical (unpaired) electrons. The van der Waals surface area contributed by atoms with E-state index in [0.717, 1.165) is 12.8 Å². The molecule has 1 aromatic carbocycles. The number of hydrogen-bond acceptors (Lipinski definition) is 4. The van der Waals surface area contributed by atoms with Gasteiger partial charge >= 0.3 is 0 Å². The molecule has 0 aliphatic heterocycles. The van der Waals surface area contributed by atoms with Crippen molar-refractivity contribution in [2.75, 3.05) is 7.05 Å². The fourth-order valence-corrected chi connectivity index (χ4v) is 5.09. The zero-order valence-corrected chi connectivity index (χ0v) is 18.9. The molecule has 0 N–H and O–H groups in total. The van der Waals surface area contributed by atoms with Crippen LogP contribution in [0.4, 0.5) is 4.39 Å². The molecule has 1 heterocycles. The molecule has 1 unspecified atom stereocenters. The summed E-state index contributed by atoms with van der Waals surface area (Å²) >= 11 is 1.41. The summed E-state index contributed by atoms with van der Waals surface area (Å²) in [6, 6.07) is 6.84. The summed E-state index contributed by atoms with van der Waals surface area (Å²) in [5.74, 6) is 0.355. The van der Waals surface area contributed by atoms with Crippen molar-refractivity contribution in [3.05, 3.63) is 42.7 Å². The van der Waals surface area contributed by atoms with Gasteiger partial charge in [-0.2, -0.15) is 0 Å². The number of nitrogens with zero attached hydrogens (tertiary/aromatic N) is 4. The second-order valence-electron chi connectivity index (χ2n) is 8.21. The van der Waals surface area contributed by atoms with Crippen LogP contribution < -0.4 is 0 Å². The molecule has 0 spiro atoms. The first-order chi connectivity index (χ1) is 14.4. The van der Waals surface area contributed by atoms with E-state index in [1.54, 1.807) is 24.3 Å². The summed E-state index contributed by atoms with van der Waals surface area (Å²) in [4.78, 5) is 15.3. The minimum absolute atomic E-state index is 0.124. The lowest BCUT2D eigenvalue weighted by Gasteiger charge is -2.34. The number of aromatic nitrogens is 3. The first kappa shape index (κ1) is 22.5. The quantitative estimate of drug-likeness (QED) is 0.428. The van der Waals surface area contributed by atoms with Crippen LogP contribution in [-0.4, -0.2) is 43.9 Å². The first-order valence-electron chi connectivity index (χ1n) is 10.7. The maximum Gasteiger partial charge on any atom is 0.236 e. The Kier molecular flexibility index (Phi) is 7.69. The van der Waals surface area contributed by atoms with Gasteiger partial charge in [0, 0.05) is 19.6 Å². The third-order valence-electron chi connectivity index (χ3n) is 5.69. The summed E-state index contributed by atoms with van der Waals surface area (Å²) in [5.41, 5.74) is 0.394. The molecule has 7 heteroatoms. The third-order valence-corrected chi connectivity index (χ3v) is 7.21. The van der Waals surface area contributed by atoms with Gasteiger partial charge in [0.15, 0.2) is 11.0 Å². The van der Waals surface area contributed by atoms with E-state index in [-0.39, 0.29) is 22.9 Å². The van der Waals surface area contributed by atoms with Gasteiger partial charge in [-0.1, -0.05) is 63.1 Å². The smallest absolute Gasteiger partial charge is 0.236 e. The van der Waals surface area contributed by atoms with Crippen LogP contribution in [0.1, 0.15) is 46.0 Å². The van der Waals surface area contributed by atoms with E-state index in [0.29, 0.717) is 29.1 Å². The van der Waals surface area contributed by atoms with Crippen LogP contribution in [0.5, 0.6) is 0 Å². The largest absolute Gasteiger partial charge is 0.342 e. The van der Waals surface area contributed by atoms with E-state index >= 15 is 0 Å². The monoisotopic (exact) mass is 430 g/mol. The predicted molar refractivity (Wildman–Crippen MR) is 120 cm³/mol. The number of allylic oxidation sites excluding steroid dienone is 1. The molecule has 1 saturated carbocycles. The van der Waals surface area contributed by atoms with Crippen molar-refractivity contribution in [3.8, 4) is 11.4 Å². The maximum absolute atomic E-state index is 14.4. The van der Waals surface area contributed by atoms with Crippen molar-refractivity contribution in [2.24, 2.45) is 5.92 Å². The highest BCUT2D eigenvalue weighted by Gasteiger charge is 2.32. The van der Waals surface area contributed by atoms with Crippen LogP contribution in [0, 0.1) is 11.7 Å². The van der Waals surface area contributed by atoms with Crippen molar-refractivity contribution in [1.29, 1.82) is 0 Å². The van der Waals surface area contributed by atoms with Crippen LogP contribution in [0.15, 0.2) is 42.1 Å². The Morgan fingerprint density at radius 2 is 2.00 bits per heavy atom. The van der Waals surface area contributed by atoms with Crippen LogP contribution in [0.2, 0.25) is 0 Å². The number of halogens is 1. The van der Waals surface area contributed by atoms with Gasteiger partial charge in [-0.05, 0) is 30.9 Å². The summed E-state index contributed by atoms with van der Waals surface area (Å²) < 4.78 is 16.2. The number of hydrogen-bond donors (Lipinski definition) is 0. The fraction of sp³-hybridized carbons (Fsp3) is 0.522. The normalized spacial score (nSPS) is 15.9. The van der Waals surface area contributed by atoms with Gasteiger partial charge in [-0.25, -0.2) is 4.39 Å². The highest BCUT2D eigenvalue weighted by molar-refractivity contribution is 8.00. The molecule has 162 valence electrons. The van der Waals surface area contributed by atoms with E-state index in [4.69, 9.17) is 0 Å². The van der Waals surface area contributed by atoms with Gasteiger partial charge in [0.25, 0.3) is 0 Å². The highest BCUT2D eigenvalue weighted by Crippen LogP contribution is 2.33. The predicted octanol–water partition coefficient (Wildman–Crippen LogP) is 5.18. The molecular weight excluding hydrogens is 399 g/mol. The van der Waals surface area contributed by atoms with Gasteiger partial charge in [0.2, 0.25) is 5.91 Å². The number of carbonyl (C=O) groups excluding carboxylic acids is 1. The molecule has 1 fully saturated rings. The van der Waals surface area contributed by atoms with Gasteiger partial charge in [-0.15, -0.1) is 16.8 Å². The van der Waals surface area contributed by atoms with Gasteiger partial charge < -0.3 is 4.90 Å². The molecular formula is C23H31FN4OS. The summed E-state index contributed by atoms with van der Waals surface area (Å²) in [6.45, 7) is 8.36. The SMILES string of the molecule is C=CCn1c(SC(C(=O)N(C)C2CCCCC2)C(C)C)nnc1-c1ccccc1F. The molecule has 0 saturated heterocycles. The molecule has 1 amide bonds. The van der Waals surface area contributed by atoms with Crippen LogP contribution in [0.25, 0.3) is 11.4 Å². The van der Waals surface area contributed by atoms with E-state index in [1.165, 1.54) is 37.1 Å². The molecule has 2 aromatic rings. The second-order valence-corrected chi connectivity index (χ2v) is 9.32. The summed E-state index contributed by atoms with van der Waals surface area (Å²) in [7, 11) is 1.92. The van der Waals surface area contributed by atoms with Crippen molar-refractivity contribution in [1.82, 2.24) is 19.7 Å². The average Bonchev–Trinajstić information content (AvgIpc) is 3.14. The Morgan fingerprint density at radius 1 is 1.30 bits per heavy atom. The number of rotatable bonds is 8. The van der Waals surface area contributed by atoms with Crippen molar-refractivity contribution < 1.29 is 9.18 Å². The van der Waals surface area contributed by atoms with Crippen molar-refractivity contribution in [3.63, 3.8) is 0 Å². The minimum Gasteiger partial charge on any atom is -0.342 e. The van der Waals surface area contributed by atoms with Crippen LogP contribution in [-0.2, 0) is 11.3 Å². The fourth-order valence-electron chi connectivity index (χ4n) is 3.95. The van der Waals surface area contributed by atoms with Gasteiger partial charge in [0.05, 0.1) is 10.8 Å². The van der Waals surface area contributed by atoms with E-state index in [2.05, 4.69) is 30.6 Å². The molecule has 0 bridgehead atoms.